The third kappa shape index (κ3) is 4.40. The van der Waals surface area contributed by atoms with Gasteiger partial charge in [0.15, 0.2) is 0 Å². The van der Waals surface area contributed by atoms with E-state index in [2.05, 4.69) is 18.7 Å². The largest absolute Gasteiger partial charge is 0.393 e. The van der Waals surface area contributed by atoms with E-state index in [0.29, 0.717) is 12.0 Å². The first-order chi connectivity index (χ1) is 7.65. The molecule has 96 valence electrons. The van der Waals surface area contributed by atoms with Crippen molar-refractivity contribution in [3.63, 3.8) is 0 Å². The Morgan fingerprint density at radius 3 is 2.56 bits per heavy atom. The molecule has 16 heavy (non-hydrogen) atoms. The molecule has 1 N–H and O–H groups in total. The maximum absolute atomic E-state index is 9.77. The molecule has 0 heterocycles. The van der Waals surface area contributed by atoms with E-state index in [1.165, 1.54) is 12.8 Å². The second-order valence-corrected chi connectivity index (χ2v) is 5.17. The highest BCUT2D eigenvalue weighted by Crippen LogP contribution is 2.28. The minimum Gasteiger partial charge on any atom is -0.393 e. The van der Waals surface area contributed by atoms with E-state index in [9.17, 15) is 5.11 Å². The molecule has 1 fully saturated rings. The smallest absolute Gasteiger partial charge is 0.0589 e. The topological polar surface area (TPSA) is 32.7 Å². The Morgan fingerprint density at radius 1 is 1.31 bits per heavy atom. The average molecular weight is 229 g/mol. The molecular weight excluding hydrogens is 202 g/mol. The highest BCUT2D eigenvalue weighted by atomic mass is 16.5. The third-order valence-corrected chi connectivity index (χ3v) is 3.72. The highest BCUT2D eigenvalue weighted by molar-refractivity contribution is 4.78. The Kier molecular flexibility index (Phi) is 6.32. The summed E-state index contributed by atoms with van der Waals surface area (Å²) in [5.74, 6) is 0.531. The SMILES string of the molecule is COCCN(CCC1CCCC1O)C(C)C. The Hall–Kier alpha value is -0.120. The van der Waals surface area contributed by atoms with Gasteiger partial charge in [-0.2, -0.15) is 0 Å². The molecule has 0 bridgehead atoms. The van der Waals surface area contributed by atoms with Gasteiger partial charge in [0.25, 0.3) is 0 Å². The first kappa shape index (κ1) is 13.9. The lowest BCUT2D eigenvalue weighted by Gasteiger charge is -2.28. The van der Waals surface area contributed by atoms with Gasteiger partial charge in [-0.1, -0.05) is 6.42 Å². The van der Waals surface area contributed by atoms with Crippen LogP contribution in [0, 0.1) is 5.92 Å². The Balaban J connectivity index is 2.25. The molecular formula is C13H27NO2. The van der Waals surface area contributed by atoms with Gasteiger partial charge in [-0.05, 0) is 45.6 Å². The number of nitrogens with zero attached hydrogens (tertiary/aromatic N) is 1. The summed E-state index contributed by atoms with van der Waals surface area (Å²) in [6, 6.07) is 0.564. The van der Waals surface area contributed by atoms with Gasteiger partial charge in [-0.3, -0.25) is 4.90 Å². The summed E-state index contributed by atoms with van der Waals surface area (Å²) in [6.07, 6.45) is 4.49. The van der Waals surface area contributed by atoms with Gasteiger partial charge in [-0.25, -0.2) is 0 Å². The predicted molar refractivity (Wildman–Crippen MR) is 66.5 cm³/mol. The quantitative estimate of drug-likeness (QED) is 0.723. The molecule has 0 aromatic heterocycles. The van der Waals surface area contributed by atoms with E-state index in [-0.39, 0.29) is 6.10 Å². The predicted octanol–water partition coefficient (Wildman–Crippen LogP) is 1.89. The van der Waals surface area contributed by atoms with Gasteiger partial charge in [0, 0.05) is 19.7 Å². The van der Waals surface area contributed by atoms with Crippen LogP contribution in [0.3, 0.4) is 0 Å². The molecule has 0 amide bonds. The summed E-state index contributed by atoms with van der Waals surface area (Å²) in [6.45, 7) is 7.33. The van der Waals surface area contributed by atoms with E-state index in [1.807, 2.05) is 0 Å². The van der Waals surface area contributed by atoms with E-state index in [0.717, 1.165) is 32.5 Å². The molecule has 0 aromatic rings. The Morgan fingerprint density at radius 2 is 2.06 bits per heavy atom. The molecule has 0 saturated heterocycles. The van der Waals surface area contributed by atoms with Gasteiger partial charge in [0.1, 0.15) is 0 Å². The number of hydrogen-bond donors (Lipinski definition) is 1. The van der Waals surface area contributed by atoms with Gasteiger partial charge in [0.05, 0.1) is 12.7 Å². The minimum atomic E-state index is -0.0450. The maximum atomic E-state index is 9.77. The standard InChI is InChI=1S/C13H27NO2/c1-11(2)14(9-10-16-3)8-7-12-5-4-6-13(12)15/h11-13,15H,4-10H2,1-3H3. The molecule has 0 aromatic carbocycles. The lowest BCUT2D eigenvalue weighted by Crippen LogP contribution is -2.36. The van der Waals surface area contributed by atoms with Gasteiger partial charge in [0.2, 0.25) is 0 Å². The number of rotatable bonds is 7. The second-order valence-electron chi connectivity index (χ2n) is 5.17. The zero-order valence-electron chi connectivity index (χ0n) is 11.0. The number of methoxy groups -OCH3 is 1. The zero-order valence-corrected chi connectivity index (χ0v) is 11.0. The van der Waals surface area contributed by atoms with Crippen molar-refractivity contribution >= 4 is 0 Å². The fourth-order valence-electron chi connectivity index (χ4n) is 2.52. The van der Waals surface area contributed by atoms with Gasteiger partial charge < -0.3 is 9.84 Å². The van der Waals surface area contributed by atoms with Crippen molar-refractivity contribution in [1.82, 2.24) is 4.90 Å². The summed E-state index contributed by atoms with van der Waals surface area (Å²) in [7, 11) is 1.75. The highest BCUT2D eigenvalue weighted by Gasteiger charge is 2.25. The molecule has 0 spiro atoms. The van der Waals surface area contributed by atoms with Crippen molar-refractivity contribution in [1.29, 1.82) is 0 Å². The van der Waals surface area contributed by atoms with Gasteiger partial charge >= 0.3 is 0 Å². The van der Waals surface area contributed by atoms with Crippen LogP contribution in [0.25, 0.3) is 0 Å². The lowest BCUT2D eigenvalue weighted by molar-refractivity contribution is 0.0978. The number of ether oxygens (including phenoxy) is 1. The molecule has 3 heteroatoms. The van der Waals surface area contributed by atoms with Crippen LogP contribution in [-0.2, 0) is 4.74 Å². The van der Waals surface area contributed by atoms with Crippen LogP contribution in [0.4, 0.5) is 0 Å². The van der Waals surface area contributed by atoms with Crippen molar-refractivity contribution in [2.24, 2.45) is 5.92 Å². The average Bonchev–Trinajstić information content (AvgIpc) is 2.64. The zero-order chi connectivity index (χ0) is 12.0. The monoisotopic (exact) mass is 229 g/mol. The molecule has 2 unspecified atom stereocenters. The van der Waals surface area contributed by atoms with Crippen molar-refractivity contribution in [3.8, 4) is 0 Å². The molecule has 1 rings (SSSR count). The minimum absolute atomic E-state index is 0.0450. The van der Waals surface area contributed by atoms with E-state index >= 15 is 0 Å². The van der Waals surface area contributed by atoms with Crippen molar-refractivity contribution < 1.29 is 9.84 Å². The maximum Gasteiger partial charge on any atom is 0.0589 e. The van der Waals surface area contributed by atoms with Crippen LogP contribution in [0.5, 0.6) is 0 Å². The fraction of sp³-hybridized carbons (Fsp3) is 1.00. The van der Waals surface area contributed by atoms with Crippen LogP contribution in [0.15, 0.2) is 0 Å². The Bertz CT molecular complexity index is 185. The number of aliphatic hydroxyl groups excluding tert-OH is 1. The van der Waals surface area contributed by atoms with E-state index in [1.54, 1.807) is 7.11 Å². The first-order valence-electron chi connectivity index (χ1n) is 6.56. The van der Waals surface area contributed by atoms with Crippen molar-refractivity contribution in [2.45, 2.75) is 51.7 Å². The summed E-state index contributed by atoms with van der Waals surface area (Å²) < 4.78 is 5.12. The van der Waals surface area contributed by atoms with Crippen LogP contribution in [0.1, 0.15) is 39.5 Å². The summed E-state index contributed by atoms with van der Waals surface area (Å²) >= 11 is 0. The Labute approximate surface area is 99.8 Å². The molecule has 2 atom stereocenters. The van der Waals surface area contributed by atoms with Crippen LogP contribution >= 0.6 is 0 Å². The van der Waals surface area contributed by atoms with E-state index in [4.69, 9.17) is 4.74 Å². The van der Waals surface area contributed by atoms with Crippen LogP contribution in [0.2, 0.25) is 0 Å². The molecule has 3 nitrogen and oxygen atoms in total. The number of hydrogen-bond acceptors (Lipinski definition) is 3. The summed E-state index contributed by atoms with van der Waals surface area (Å²) in [5.41, 5.74) is 0. The fourth-order valence-corrected chi connectivity index (χ4v) is 2.52. The van der Waals surface area contributed by atoms with Crippen LogP contribution in [-0.4, -0.2) is 49.0 Å². The van der Waals surface area contributed by atoms with Crippen molar-refractivity contribution in [3.05, 3.63) is 0 Å². The summed E-state index contributed by atoms with van der Waals surface area (Å²) in [4.78, 5) is 2.44. The summed E-state index contributed by atoms with van der Waals surface area (Å²) in [5, 5.41) is 9.77. The first-order valence-corrected chi connectivity index (χ1v) is 6.56. The van der Waals surface area contributed by atoms with E-state index < -0.39 is 0 Å². The lowest BCUT2D eigenvalue weighted by atomic mass is 10.0. The van der Waals surface area contributed by atoms with Crippen LogP contribution < -0.4 is 0 Å². The van der Waals surface area contributed by atoms with Gasteiger partial charge in [-0.15, -0.1) is 0 Å². The van der Waals surface area contributed by atoms with Crippen molar-refractivity contribution in [2.75, 3.05) is 26.8 Å². The molecule has 0 radical (unpaired) electrons. The molecule has 1 saturated carbocycles. The second kappa shape index (κ2) is 7.25. The molecule has 1 aliphatic carbocycles. The molecule has 0 aliphatic heterocycles. The number of aliphatic hydroxyl groups is 1. The third-order valence-electron chi connectivity index (χ3n) is 3.72. The normalized spacial score (nSPS) is 25.9. The molecule has 1 aliphatic rings.